The van der Waals surface area contributed by atoms with Gasteiger partial charge in [-0.15, -0.1) is 0 Å². The Balaban J connectivity index is 1.96. The predicted octanol–water partition coefficient (Wildman–Crippen LogP) is 2.86. The molecule has 0 aliphatic rings. The molecule has 2 rings (SSSR count). The van der Waals surface area contributed by atoms with Crippen LogP contribution in [0.1, 0.15) is 5.56 Å². The average molecular weight is 269 g/mol. The fourth-order valence-corrected chi connectivity index (χ4v) is 1.80. The van der Waals surface area contributed by atoms with E-state index in [4.69, 9.17) is 10.1 Å². The lowest BCUT2D eigenvalue weighted by Gasteiger charge is -2.19. The summed E-state index contributed by atoms with van der Waals surface area (Å²) in [4.78, 5) is 1.76. The Bertz CT molecular complexity index is 552. The van der Waals surface area contributed by atoms with Crippen LogP contribution >= 0.6 is 0 Å². The summed E-state index contributed by atoms with van der Waals surface area (Å²) in [5.41, 5.74) is 2.09. The van der Waals surface area contributed by atoms with Gasteiger partial charge in [-0.25, -0.2) is 0 Å². The number of rotatable bonds is 4. The Morgan fingerprint density at radius 2 is 1.75 bits per heavy atom. The number of hydrogen-bond acceptors (Lipinski definition) is 2. The topological polar surface area (TPSA) is 48.4 Å². The van der Waals surface area contributed by atoms with Gasteiger partial charge in [0.1, 0.15) is 12.4 Å². The van der Waals surface area contributed by atoms with Gasteiger partial charge in [0.05, 0.1) is 0 Å². The summed E-state index contributed by atoms with van der Waals surface area (Å²) in [5.74, 6) is 1.17. The van der Waals surface area contributed by atoms with Crippen molar-refractivity contribution in [3.63, 3.8) is 0 Å². The standard InChI is InChI=1S/C16H19N3O/c1-18-16(17)19(2)14-8-10-15(11-9-14)20-12-13-6-4-3-5-7-13/h3-11H,12H2,1-2H3,(H2,17,18). The van der Waals surface area contributed by atoms with Gasteiger partial charge in [0, 0.05) is 19.8 Å². The van der Waals surface area contributed by atoms with Crippen LogP contribution in [-0.2, 0) is 6.61 Å². The lowest BCUT2D eigenvalue weighted by atomic mass is 10.2. The smallest absolute Gasteiger partial charge is 0.195 e. The molecule has 2 N–H and O–H groups in total. The van der Waals surface area contributed by atoms with Gasteiger partial charge in [0.15, 0.2) is 5.96 Å². The number of nitrogens with one attached hydrogen (secondary N) is 2. The van der Waals surface area contributed by atoms with E-state index in [0.717, 1.165) is 17.0 Å². The monoisotopic (exact) mass is 269 g/mol. The normalized spacial score (nSPS) is 9.90. The Kier molecular flexibility index (Phi) is 4.60. The number of guanidine groups is 1. The van der Waals surface area contributed by atoms with E-state index < -0.39 is 0 Å². The molecular weight excluding hydrogens is 250 g/mol. The molecule has 0 bridgehead atoms. The maximum absolute atomic E-state index is 7.71. The van der Waals surface area contributed by atoms with Gasteiger partial charge in [0.25, 0.3) is 0 Å². The van der Waals surface area contributed by atoms with Crippen LogP contribution in [0.15, 0.2) is 54.6 Å². The minimum Gasteiger partial charge on any atom is -0.489 e. The first-order chi connectivity index (χ1) is 9.70. The number of ether oxygens (including phenoxy) is 1. The van der Waals surface area contributed by atoms with Gasteiger partial charge in [-0.2, -0.15) is 0 Å². The third-order valence-corrected chi connectivity index (χ3v) is 3.04. The van der Waals surface area contributed by atoms with Crippen molar-refractivity contribution in [1.82, 2.24) is 5.32 Å². The fraction of sp³-hybridized carbons (Fsp3) is 0.188. The minimum atomic E-state index is 0.350. The van der Waals surface area contributed by atoms with Crippen LogP contribution in [0.2, 0.25) is 0 Å². The third-order valence-electron chi connectivity index (χ3n) is 3.04. The summed E-state index contributed by atoms with van der Waals surface area (Å²) >= 11 is 0. The van der Waals surface area contributed by atoms with E-state index in [-0.39, 0.29) is 0 Å². The van der Waals surface area contributed by atoms with Gasteiger partial charge >= 0.3 is 0 Å². The molecule has 4 nitrogen and oxygen atoms in total. The molecule has 0 amide bonds. The fourth-order valence-electron chi connectivity index (χ4n) is 1.80. The van der Waals surface area contributed by atoms with Crippen LogP contribution in [0, 0.1) is 5.41 Å². The summed E-state index contributed by atoms with van der Waals surface area (Å²) < 4.78 is 5.73. The zero-order chi connectivity index (χ0) is 14.4. The van der Waals surface area contributed by atoms with E-state index in [9.17, 15) is 0 Å². The average Bonchev–Trinajstić information content (AvgIpc) is 2.53. The second-order valence-electron chi connectivity index (χ2n) is 4.43. The van der Waals surface area contributed by atoms with Crippen LogP contribution in [0.5, 0.6) is 5.75 Å². The lowest BCUT2D eigenvalue weighted by Crippen LogP contribution is -2.35. The zero-order valence-corrected chi connectivity index (χ0v) is 11.8. The van der Waals surface area contributed by atoms with E-state index in [2.05, 4.69) is 5.32 Å². The summed E-state index contributed by atoms with van der Waals surface area (Å²) in [6.07, 6.45) is 0. The molecule has 0 aliphatic carbocycles. The maximum atomic E-state index is 7.71. The van der Waals surface area contributed by atoms with Crippen molar-refractivity contribution in [2.75, 3.05) is 19.0 Å². The quantitative estimate of drug-likeness (QED) is 0.663. The molecule has 2 aromatic carbocycles. The van der Waals surface area contributed by atoms with Crippen molar-refractivity contribution < 1.29 is 4.74 Å². The van der Waals surface area contributed by atoms with Crippen molar-refractivity contribution in [3.8, 4) is 5.75 Å². The highest BCUT2D eigenvalue weighted by molar-refractivity contribution is 5.92. The number of benzene rings is 2. The second kappa shape index (κ2) is 6.61. The molecule has 0 fully saturated rings. The van der Waals surface area contributed by atoms with Crippen LogP contribution < -0.4 is 15.0 Å². The largest absolute Gasteiger partial charge is 0.489 e. The predicted molar refractivity (Wildman–Crippen MR) is 82.4 cm³/mol. The Morgan fingerprint density at radius 3 is 2.35 bits per heavy atom. The zero-order valence-electron chi connectivity index (χ0n) is 11.8. The summed E-state index contributed by atoms with van der Waals surface area (Å²) in [6.45, 7) is 0.558. The summed E-state index contributed by atoms with van der Waals surface area (Å²) in [7, 11) is 3.58. The van der Waals surface area contributed by atoms with Crippen LogP contribution in [-0.4, -0.2) is 20.1 Å². The van der Waals surface area contributed by atoms with E-state index in [1.807, 2.05) is 61.6 Å². The molecule has 0 saturated heterocycles. The summed E-state index contributed by atoms with van der Waals surface area (Å²) in [6, 6.07) is 17.8. The van der Waals surface area contributed by atoms with Crippen LogP contribution in [0.25, 0.3) is 0 Å². The highest BCUT2D eigenvalue weighted by Crippen LogP contribution is 2.19. The molecule has 0 unspecified atom stereocenters. The first-order valence-electron chi connectivity index (χ1n) is 6.47. The molecular formula is C16H19N3O. The molecule has 0 heterocycles. The molecule has 2 aromatic rings. The Morgan fingerprint density at radius 1 is 1.10 bits per heavy atom. The number of anilines is 1. The van der Waals surface area contributed by atoms with E-state index >= 15 is 0 Å². The molecule has 0 saturated carbocycles. The highest BCUT2D eigenvalue weighted by Gasteiger charge is 2.05. The van der Waals surface area contributed by atoms with Gasteiger partial charge in [0.2, 0.25) is 0 Å². The molecule has 0 radical (unpaired) electrons. The van der Waals surface area contributed by atoms with Gasteiger partial charge in [-0.3, -0.25) is 5.41 Å². The Hall–Kier alpha value is -2.49. The molecule has 4 heteroatoms. The van der Waals surface area contributed by atoms with Crippen molar-refractivity contribution in [2.45, 2.75) is 6.61 Å². The van der Waals surface area contributed by atoms with Crippen LogP contribution in [0.3, 0.4) is 0 Å². The molecule has 0 aliphatic heterocycles. The molecule has 104 valence electrons. The maximum Gasteiger partial charge on any atom is 0.195 e. The Labute approximate surface area is 119 Å². The van der Waals surface area contributed by atoms with Crippen LogP contribution in [0.4, 0.5) is 5.69 Å². The SMILES string of the molecule is CNC(=N)N(C)c1ccc(OCc2ccccc2)cc1. The molecule has 0 aromatic heterocycles. The van der Waals surface area contributed by atoms with Crippen molar-refractivity contribution in [2.24, 2.45) is 0 Å². The van der Waals surface area contributed by atoms with Gasteiger partial charge in [-0.05, 0) is 29.8 Å². The highest BCUT2D eigenvalue weighted by atomic mass is 16.5. The number of hydrogen-bond donors (Lipinski definition) is 2. The van der Waals surface area contributed by atoms with Crippen molar-refractivity contribution >= 4 is 11.6 Å². The molecule has 0 atom stereocenters. The lowest BCUT2D eigenvalue weighted by molar-refractivity contribution is 0.306. The second-order valence-corrected chi connectivity index (χ2v) is 4.43. The minimum absolute atomic E-state index is 0.350. The van der Waals surface area contributed by atoms with E-state index in [1.165, 1.54) is 0 Å². The first-order valence-corrected chi connectivity index (χ1v) is 6.47. The van der Waals surface area contributed by atoms with Crippen molar-refractivity contribution in [1.29, 1.82) is 5.41 Å². The molecule has 0 spiro atoms. The van der Waals surface area contributed by atoms with Gasteiger partial charge in [-0.1, -0.05) is 30.3 Å². The number of nitrogens with zero attached hydrogens (tertiary/aromatic N) is 1. The summed E-state index contributed by atoms with van der Waals surface area (Å²) in [5, 5.41) is 10.5. The molecule has 20 heavy (non-hydrogen) atoms. The van der Waals surface area contributed by atoms with E-state index in [1.54, 1.807) is 11.9 Å². The van der Waals surface area contributed by atoms with Gasteiger partial charge < -0.3 is 15.0 Å². The first kappa shape index (κ1) is 13.9. The third kappa shape index (κ3) is 3.51. The van der Waals surface area contributed by atoms with Crippen molar-refractivity contribution in [3.05, 3.63) is 60.2 Å². The van der Waals surface area contributed by atoms with E-state index in [0.29, 0.717) is 12.6 Å².